The van der Waals surface area contributed by atoms with E-state index in [-0.39, 0.29) is 5.56 Å². The number of hydrogen-bond acceptors (Lipinski definition) is 5. The van der Waals surface area contributed by atoms with E-state index in [0.29, 0.717) is 12.4 Å². The molecule has 0 unspecified atom stereocenters. The summed E-state index contributed by atoms with van der Waals surface area (Å²) < 4.78 is 7.63. The van der Waals surface area contributed by atoms with Crippen molar-refractivity contribution in [3.63, 3.8) is 0 Å². The van der Waals surface area contributed by atoms with Crippen molar-refractivity contribution in [3.8, 4) is 5.75 Å². The fourth-order valence-corrected chi connectivity index (χ4v) is 3.42. The van der Waals surface area contributed by atoms with E-state index in [9.17, 15) is 4.79 Å². The average Bonchev–Trinajstić information content (AvgIpc) is 3.02. The van der Waals surface area contributed by atoms with Crippen molar-refractivity contribution in [2.75, 3.05) is 12.4 Å². The van der Waals surface area contributed by atoms with Gasteiger partial charge < -0.3 is 14.4 Å². The number of carboxylic acid groups (broad SMARTS) is 1. The number of hydrogen-bond donors (Lipinski definition) is 1. The van der Waals surface area contributed by atoms with Gasteiger partial charge in [-0.05, 0) is 24.1 Å². The molecule has 7 heteroatoms. The SMILES string of the molecule is Cn1c(Cc2ccccc2)nnc1SCCCOc1ccccc1C(=O)O. The molecule has 1 N–H and O–H groups in total. The van der Waals surface area contributed by atoms with Gasteiger partial charge in [-0.2, -0.15) is 0 Å². The summed E-state index contributed by atoms with van der Waals surface area (Å²) >= 11 is 1.62. The Morgan fingerprint density at radius 1 is 1.11 bits per heavy atom. The summed E-state index contributed by atoms with van der Waals surface area (Å²) in [6.07, 6.45) is 1.53. The minimum Gasteiger partial charge on any atom is -0.493 e. The van der Waals surface area contributed by atoms with Gasteiger partial charge in [0.15, 0.2) is 5.16 Å². The van der Waals surface area contributed by atoms with E-state index in [4.69, 9.17) is 9.84 Å². The van der Waals surface area contributed by atoms with Crippen molar-refractivity contribution in [2.24, 2.45) is 7.05 Å². The third kappa shape index (κ3) is 5.10. The number of aromatic nitrogens is 3. The lowest BCUT2D eigenvalue weighted by Gasteiger charge is -2.08. The highest BCUT2D eigenvalue weighted by Gasteiger charge is 2.11. The Morgan fingerprint density at radius 3 is 2.63 bits per heavy atom. The highest BCUT2D eigenvalue weighted by molar-refractivity contribution is 7.99. The van der Waals surface area contributed by atoms with Gasteiger partial charge in [0, 0.05) is 19.2 Å². The van der Waals surface area contributed by atoms with Gasteiger partial charge in [0.1, 0.15) is 17.1 Å². The van der Waals surface area contributed by atoms with Crippen LogP contribution in [0.3, 0.4) is 0 Å². The molecule has 3 rings (SSSR count). The van der Waals surface area contributed by atoms with Gasteiger partial charge in [0.05, 0.1) is 6.61 Å². The first-order valence-electron chi connectivity index (χ1n) is 8.65. The van der Waals surface area contributed by atoms with Crippen molar-refractivity contribution >= 4 is 17.7 Å². The van der Waals surface area contributed by atoms with Crippen LogP contribution in [0.2, 0.25) is 0 Å². The minimum absolute atomic E-state index is 0.184. The van der Waals surface area contributed by atoms with Crippen LogP contribution in [0.5, 0.6) is 5.75 Å². The van der Waals surface area contributed by atoms with Crippen molar-refractivity contribution in [2.45, 2.75) is 18.0 Å². The summed E-state index contributed by atoms with van der Waals surface area (Å²) in [6, 6.07) is 16.9. The Morgan fingerprint density at radius 2 is 1.85 bits per heavy atom. The molecule has 0 spiro atoms. The van der Waals surface area contributed by atoms with Crippen LogP contribution in [0.1, 0.15) is 28.2 Å². The predicted octanol–water partition coefficient (Wildman–Crippen LogP) is 3.67. The molecule has 140 valence electrons. The van der Waals surface area contributed by atoms with E-state index in [2.05, 4.69) is 22.3 Å². The maximum Gasteiger partial charge on any atom is 0.339 e. The molecular formula is C20H21N3O3S. The average molecular weight is 383 g/mol. The first kappa shape index (κ1) is 19.0. The molecule has 1 aromatic heterocycles. The summed E-state index contributed by atoms with van der Waals surface area (Å²) in [7, 11) is 1.97. The van der Waals surface area contributed by atoms with Gasteiger partial charge in [0.25, 0.3) is 0 Å². The predicted molar refractivity (Wildman–Crippen MR) is 104 cm³/mol. The number of nitrogens with zero attached hydrogens (tertiary/aromatic N) is 3. The highest BCUT2D eigenvalue weighted by atomic mass is 32.2. The summed E-state index contributed by atoms with van der Waals surface area (Å²) in [5.41, 5.74) is 1.39. The smallest absolute Gasteiger partial charge is 0.339 e. The quantitative estimate of drug-likeness (QED) is 0.449. The van der Waals surface area contributed by atoms with Crippen LogP contribution >= 0.6 is 11.8 Å². The lowest BCUT2D eigenvalue weighted by Crippen LogP contribution is -2.05. The van der Waals surface area contributed by atoms with Gasteiger partial charge in [-0.25, -0.2) is 4.79 Å². The maximum atomic E-state index is 11.2. The lowest BCUT2D eigenvalue weighted by atomic mass is 10.1. The minimum atomic E-state index is -0.981. The van der Waals surface area contributed by atoms with Gasteiger partial charge in [-0.3, -0.25) is 0 Å². The first-order valence-corrected chi connectivity index (χ1v) is 9.64. The fourth-order valence-electron chi connectivity index (χ4n) is 2.58. The number of ether oxygens (including phenoxy) is 1. The molecule has 0 amide bonds. The van der Waals surface area contributed by atoms with Gasteiger partial charge in [-0.15, -0.1) is 10.2 Å². The molecule has 27 heavy (non-hydrogen) atoms. The third-order valence-electron chi connectivity index (χ3n) is 4.03. The van der Waals surface area contributed by atoms with Crippen molar-refractivity contribution in [1.82, 2.24) is 14.8 Å². The number of para-hydroxylation sites is 1. The second-order valence-corrected chi connectivity index (χ2v) is 7.03. The highest BCUT2D eigenvalue weighted by Crippen LogP contribution is 2.20. The molecule has 0 aliphatic rings. The van der Waals surface area contributed by atoms with Crippen LogP contribution in [-0.4, -0.2) is 38.2 Å². The second-order valence-electron chi connectivity index (χ2n) is 5.97. The van der Waals surface area contributed by atoms with Crippen LogP contribution < -0.4 is 4.74 Å². The van der Waals surface area contributed by atoms with Crippen LogP contribution in [-0.2, 0) is 13.5 Å². The largest absolute Gasteiger partial charge is 0.493 e. The van der Waals surface area contributed by atoms with Crippen LogP contribution in [0.15, 0.2) is 59.8 Å². The van der Waals surface area contributed by atoms with Crippen LogP contribution in [0.4, 0.5) is 0 Å². The monoisotopic (exact) mass is 383 g/mol. The molecule has 0 saturated heterocycles. The van der Waals surface area contributed by atoms with Crippen molar-refractivity contribution in [3.05, 3.63) is 71.5 Å². The maximum absolute atomic E-state index is 11.2. The Labute approximate surface area is 162 Å². The van der Waals surface area contributed by atoms with E-state index >= 15 is 0 Å². The Kier molecular flexibility index (Phi) is 6.49. The molecule has 0 bridgehead atoms. The number of carboxylic acids is 1. The molecule has 0 aliphatic carbocycles. The zero-order valence-corrected chi connectivity index (χ0v) is 15.9. The van der Waals surface area contributed by atoms with E-state index in [1.807, 2.05) is 29.8 Å². The Balaban J connectivity index is 1.47. The number of rotatable bonds is 9. The topological polar surface area (TPSA) is 77.2 Å². The van der Waals surface area contributed by atoms with Crippen molar-refractivity contribution in [1.29, 1.82) is 0 Å². The van der Waals surface area contributed by atoms with E-state index < -0.39 is 5.97 Å². The van der Waals surface area contributed by atoms with Crippen LogP contribution in [0, 0.1) is 0 Å². The number of carbonyl (C=O) groups is 1. The molecule has 1 heterocycles. The third-order valence-corrected chi connectivity index (χ3v) is 5.13. The number of benzene rings is 2. The first-order chi connectivity index (χ1) is 13.1. The van der Waals surface area contributed by atoms with Gasteiger partial charge >= 0.3 is 5.97 Å². The number of thioether (sulfide) groups is 1. The summed E-state index contributed by atoms with van der Waals surface area (Å²) in [4.78, 5) is 11.2. The van der Waals surface area contributed by atoms with E-state index in [0.717, 1.165) is 29.6 Å². The molecule has 0 saturated carbocycles. The lowest BCUT2D eigenvalue weighted by molar-refractivity contribution is 0.0692. The van der Waals surface area contributed by atoms with Crippen LogP contribution in [0.25, 0.3) is 0 Å². The fraction of sp³-hybridized carbons (Fsp3) is 0.250. The normalized spacial score (nSPS) is 10.7. The second kappa shape index (κ2) is 9.23. The zero-order valence-electron chi connectivity index (χ0n) is 15.0. The Bertz CT molecular complexity index is 896. The molecular weight excluding hydrogens is 362 g/mol. The van der Waals surface area contributed by atoms with Crippen molar-refractivity contribution < 1.29 is 14.6 Å². The van der Waals surface area contributed by atoms with E-state index in [1.54, 1.807) is 36.0 Å². The Hall–Kier alpha value is -2.80. The summed E-state index contributed by atoms with van der Waals surface area (Å²) in [5, 5.41) is 18.6. The molecule has 3 aromatic rings. The number of aromatic carboxylic acids is 1. The summed E-state index contributed by atoms with van der Waals surface area (Å²) in [5.74, 6) is 1.16. The zero-order chi connectivity index (χ0) is 19.1. The van der Waals surface area contributed by atoms with Gasteiger partial charge in [-0.1, -0.05) is 54.2 Å². The molecule has 2 aromatic carbocycles. The molecule has 0 atom stereocenters. The molecule has 0 radical (unpaired) electrons. The summed E-state index contributed by atoms with van der Waals surface area (Å²) in [6.45, 7) is 0.450. The molecule has 6 nitrogen and oxygen atoms in total. The molecule has 0 aliphatic heterocycles. The van der Waals surface area contributed by atoms with E-state index in [1.165, 1.54) is 5.56 Å². The standard InChI is InChI=1S/C20H21N3O3S/c1-23-18(14-15-8-3-2-4-9-15)21-22-20(23)27-13-7-12-26-17-11-6-5-10-16(17)19(24)25/h2-6,8-11H,7,12-14H2,1H3,(H,24,25). The molecule has 0 fully saturated rings. The van der Waals surface area contributed by atoms with Gasteiger partial charge in [0.2, 0.25) is 0 Å².